The molecular weight excluding hydrogens is 637 g/mol. The molecule has 0 saturated carbocycles. The van der Waals surface area contributed by atoms with Crippen molar-refractivity contribution in [3.63, 3.8) is 0 Å². The highest BCUT2D eigenvalue weighted by Crippen LogP contribution is 2.35. The van der Waals surface area contributed by atoms with E-state index in [9.17, 15) is 0 Å². The van der Waals surface area contributed by atoms with E-state index in [-0.39, 0.29) is 0 Å². The summed E-state index contributed by atoms with van der Waals surface area (Å²) in [5.74, 6) is 2.46. The fourth-order valence-electron chi connectivity index (χ4n) is 6.89. The lowest BCUT2D eigenvalue weighted by Gasteiger charge is -2.13. The lowest BCUT2D eigenvalue weighted by molar-refractivity contribution is 1.08. The van der Waals surface area contributed by atoms with Crippen molar-refractivity contribution >= 4 is 43.2 Å². The van der Waals surface area contributed by atoms with Gasteiger partial charge in [0.15, 0.2) is 23.3 Å². The largest absolute Gasteiger partial charge is 0.255 e. The van der Waals surface area contributed by atoms with E-state index in [0.29, 0.717) is 23.3 Å². The van der Waals surface area contributed by atoms with Gasteiger partial charge in [-0.25, -0.2) is 24.9 Å². The van der Waals surface area contributed by atoms with Gasteiger partial charge in [0.25, 0.3) is 0 Å². The molecule has 3 aromatic heterocycles. The number of benzene rings is 7. The minimum Gasteiger partial charge on any atom is -0.255 e. The summed E-state index contributed by atoms with van der Waals surface area (Å²) in [4.78, 5) is 30.2. The second kappa shape index (κ2) is 12.3. The zero-order valence-electron chi connectivity index (χ0n) is 27.8. The molecule has 0 radical (unpaired) electrons. The molecule has 6 heteroatoms. The van der Waals surface area contributed by atoms with Crippen molar-refractivity contribution in [3.8, 4) is 56.9 Å². The van der Waals surface area contributed by atoms with Gasteiger partial charge in [-0.15, -0.1) is 0 Å². The van der Waals surface area contributed by atoms with Crippen LogP contribution in [0.15, 0.2) is 170 Å². The van der Waals surface area contributed by atoms with Gasteiger partial charge >= 0.3 is 0 Å². The Balaban J connectivity index is 1.20. The van der Waals surface area contributed by atoms with Crippen LogP contribution in [0.3, 0.4) is 0 Å². The van der Waals surface area contributed by atoms with E-state index in [1.807, 2.05) is 48.5 Å². The number of hydrogen-bond acceptors (Lipinski definition) is 6. The number of nitrogens with zero attached hydrogens (tertiary/aromatic N) is 6. The first-order valence-corrected chi connectivity index (χ1v) is 17.2. The Hall–Kier alpha value is -7.18. The van der Waals surface area contributed by atoms with E-state index in [1.54, 1.807) is 6.20 Å². The minimum atomic E-state index is 0.586. The van der Waals surface area contributed by atoms with Gasteiger partial charge in [-0.3, -0.25) is 4.98 Å². The maximum Gasteiger partial charge on any atom is 0.164 e. The Morgan fingerprint density at radius 3 is 1.44 bits per heavy atom. The van der Waals surface area contributed by atoms with Crippen molar-refractivity contribution in [3.05, 3.63) is 170 Å². The molecule has 0 aliphatic carbocycles. The first kappa shape index (κ1) is 29.7. The standard InChI is InChI=1S/C46H28N6/c1-2-12-32(13-3-1)43-48-41-38(42(49-43)40-16-8-9-25-47-40)24-23-31-19-22-37(28-39(31)41)46-51-44(35-20-17-29-10-4-6-14-33(29)26-35)50-45(52-46)36-21-18-30-11-5-7-15-34(30)27-36/h1-28H. The van der Waals surface area contributed by atoms with Crippen LogP contribution in [0.4, 0.5) is 0 Å². The highest BCUT2D eigenvalue weighted by atomic mass is 15.0. The van der Waals surface area contributed by atoms with E-state index in [2.05, 4.69) is 120 Å². The van der Waals surface area contributed by atoms with Crippen LogP contribution in [0.5, 0.6) is 0 Å². The summed E-state index contributed by atoms with van der Waals surface area (Å²) in [6, 6.07) is 55.9. The first-order chi connectivity index (χ1) is 25.7. The Morgan fingerprint density at radius 2 is 0.827 bits per heavy atom. The third-order valence-corrected chi connectivity index (χ3v) is 9.53. The van der Waals surface area contributed by atoms with Crippen LogP contribution < -0.4 is 0 Å². The Kier molecular flexibility index (Phi) is 7.03. The number of pyridine rings is 1. The van der Waals surface area contributed by atoms with E-state index in [1.165, 1.54) is 10.8 Å². The van der Waals surface area contributed by atoms with Gasteiger partial charge in [0, 0.05) is 39.2 Å². The van der Waals surface area contributed by atoms with Gasteiger partial charge < -0.3 is 0 Å². The second-order valence-corrected chi connectivity index (χ2v) is 12.8. The highest BCUT2D eigenvalue weighted by molar-refractivity contribution is 6.10. The Labute approximate surface area is 299 Å². The molecule has 0 atom stereocenters. The summed E-state index contributed by atoms with van der Waals surface area (Å²) in [5, 5.41) is 7.55. The molecule has 0 fully saturated rings. The van der Waals surface area contributed by atoms with E-state index in [0.717, 1.165) is 66.1 Å². The molecule has 0 unspecified atom stereocenters. The summed E-state index contributed by atoms with van der Waals surface area (Å²) in [6.07, 6.45) is 1.80. The molecule has 52 heavy (non-hydrogen) atoms. The second-order valence-electron chi connectivity index (χ2n) is 12.8. The SMILES string of the molecule is c1ccc(-c2nc(-c3ccccn3)c3ccc4ccc(-c5nc(-c6ccc7ccccc7c6)nc(-c6ccc7ccccc7c6)n5)cc4c3n2)cc1. The molecule has 10 aromatic rings. The van der Waals surface area contributed by atoms with Crippen molar-refractivity contribution < 1.29 is 0 Å². The fourth-order valence-corrected chi connectivity index (χ4v) is 6.89. The molecule has 7 aromatic carbocycles. The molecule has 0 amide bonds. The van der Waals surface area contributed by atoms with Crippen LogP contribution >= 0.6 is 0 Å². The van der Waals surface area contributed by atoms with Crippen LogP contribution in [0.1, 0.15) is 0 Å². The van der Waals surface area contributed by atoms with Crippen molar-refractivity contribution in [1.29, 1.82) is 0 Å². The molecule has 0 aliphatic heterocycles. The van der Waals surface area contributed by atoms with Gasteiger partial charge in [0.2, 0.25) is 0 Å². The van der Waals surface area contributed by atoms with Crippen LogP contribution in [-0.4, -0.2) is 29.9 Å². The van der Waals surface area contributed by atoms with Crippen LogP contribution in [0.25, 0.3) is 100 Å². The van der Waals surface area contributed by atoms with Crippen molar-refractivity contribution in [2.45, 2.75) is 0 Å². The zero-order valence-corrected chi connectivity index (χ0v) is 27.8. The third-order valence-electron chi connectivity index (χ3n) is 9.53. The maximum absolute atomic E-state index is 5.19. The molecular formula is C46H28N6. The minimum absolute atomic E-state index is 0.586. The molecule has 0 saturated heterocycles. The number of aromatic nitrogens is 6. The molecule has 242 valence electrons. The average Bonchev–Trinajstić information content (AvgIpc) is 3.23. The first-order valence-electron chi connectivity index (χ1n) is 17.2. The summed E-state index contributed by atoms with van der Waals surface area (Å²) >= 11 is 0. The maximum atomic E-state index is 5.19. The third kappa shape index (κ3) is 5.30. The van der Waals surface area contributed by atoms with E-state index < -0.39 is 0 Å². The predicted molar refractivity (Wildman–Crippen MR) is 210 cm³/mol. The molecule has 0 aliphatic rings. The van der Waals surface area contributed by atoms with Crippen LogP contribution in [-0.2, 0) is 0 Å². The van der Waals surface area contributed by atoms with E-state index >= 15 is 0 Å². The van der Waals surface area contributed by atoms with E-state index in [4.69, 9.17) is 24.9 Å². The summed E-state index contributed by atoms with van der Waals surface area (Å²) in [5.41, 5.74) is 6.08. The molecule has 3 heterocycles. The van der Waals surface area contributed by atoms with Crippen molar-refractivity contribution in [2.75, 3.05) is 0 Å². The fraction of sp³-hybridized carbons (Fsp3) is 0. The van der Waals surface area contributed by atoms with Crippen LogP contribution in [0, 0.1) is 0 Å². The molecule has 0 N–H and O–H groups in total. The number of hydrogen-bond donors (Lipinski definition) is 0. The van der Waals surface area contributed by atoms with Gasteiger partial charge in [-0.05, 0) is 63.3 Å². The normalized spacial score (nSPS) is 11.5. The van der Waals surface area contributed by atoms with Gasteiger partial charge in [-0.1, -0.05) is 127 Å². The smallest absolute Gasteiger partial charge is 0.164 e. The number of rotatable bonds is 5. The molecule has 10 rings (SSSR count). The molecule has 6 nitrogen and oxygen atoms in total. The summed E-state index contributed by atoms with van der Waals surface area (Å²) < 4.78 is 0. The predicted octanol–water partition coefficient (Wildman–Crippen LogP) is 11.0. The highest BCUT2D eigenvalue weighted by Gasteiger charge is 2.17. The average molecular weight is 665 g/mol. The molecule has 0 bridgehead atoms. The van der Waals surface area contributed by atoms with Crippen molar-refractivity contribution in [2.24, 2.45) is 0 Å². The Bertz CT molecular complexity index is 2860. The van der Waals surface area contributed by atoms with Crippen molar-refractivity contribution in [1.82, 2.24) is 29.9 Å². The van der Waals surface area contributed by atoms with Crippen LogP contribution in [0.2, 0.25) is 0 Å². The monoisotopic (exact) mass is 664 g/mol. The Morgan fingerprint density at radius 1 is 0.308 bits per heavy atom. The molecule has 0 spiro atoms. The zero-order chi connectivity index (χ0) is 34.4. The lowest BCUT2D eigenvalue weighted by atomic mass is 10.0. The topological polar surface area (TPSA) is 77.3 Å². The van der Waals surface area contributed by atoms with Gasteiger partial charge in [-0.2, -0.15) is 0 Å². The summed E-state index contributed by atoms with van der Waals surface area (Å²) in [7, 11) is 0. The van der Waals surface area contributed by atoms with Gasteiger partial charge in [0.1, 0.15) is 5.69 Å². The lowest BCUT2D eigenvalue weighted by Crippen LogP contribution is -2.00. The quantitative estimate of drug-likeness (QED) is 0.170. The number of fused-ring (bicyclic) bond motifs is 5. The van der Waals surface area contributed by atoms with Gasteiger partial charge in [0.05, 0.1) is 11.2 Å². The summed E-state index contributed by atoms with van der Waals surface area (Å²) in [6.45, 7) is 0.